The van der Waals surface area contributed by atoms with Gasteiger partial charge in [0, 0.05) is 12.6 Å². The zero-order valence-electron chi connectivity index (χ0n) is 20.0. The molecule has 0 radical (unpaired) electrons. The summed E-state index contributed by atoms with van der Waals surface area (Å²) in [4.78, 5) is 12.0. The van der Waals surface area contributed by atoms with E-state index in [9.17, 15) is 17.6 Å². The highest BCUT2D eigenvalue weighted by molar-refractivity contribution is 7.92. The molecule has 0 saturated carbocycles. The van der Waals surface area contributed by atoms with E-state index in [4.69, 9.17) is 14.2 Å². The maximum Gasteiger partial charge on any atom is 0.261 e. The normalized spacial score (nSPS) is 12.9. The maximum absolute atomic E-state index is 12.9. The van der Waals surface area contributed by atoms with Gasteiger partial charge in [-0.3, -0.25) is 9.52 Å². The number of carbonyl (C=O) groups excluding carboxylic acids is 1. The third-order valence-corrected chi connectivity index (χ3v) is 6.74. The van der Waals surface area contributed by atoms with Crippen molar-refractivity contribution < 1.29 is 31.8 Å². The second-order valence-corrected chi connectivity index (χ2v) is 9.88. The Bertz CT molecular complexity index is 1340. The van der Waals surface area contributed by atoms with Gasteiger partial charge in [-0.05, 0) is 53.9 Å². The highest BCUT2D eigenvalue weighted by Gasteiger charge is 2.17. The predicted molar refractivity (Wildman–Crippen MR) is 137 cm³/mol. The van der Waals surface area contributed by atoms with Gasteiger partial charge in [0.15, 0.2) is 11.5 Å². The van der Waals surface area contributed by atoms with E-state index >= 15 is 0 Å². The van der Waals surface area contributed by atoms with E-state index in [2.05, 4.69) is 10.0 Å². The molecule has 0 fully saturated rings. The van der Waals surface area contributed by atoms with Crippen molar-refractivity contribution in [3.8, 4) is 11.5 Å². The molecule has 194 valence electrons. The van der Waals surface area contributed by atoms with Crippen molar-refractivity contribution in [1.29, 1.82) is 0 Å². The molecule has 0 atom stereocenters. The molecule has 1 amide bonds. The number of fused-ring (bicyclic) bond motifs is 1. The molecule has 1 aliphatic rings. The molecular formula is C27H27FN2O6S. The lowest BCUT2D eigenvalue weighted by molar-refractivity contribution is -0.126. The molecule has 3 aromatic rings. The summed E-state index contributed by atoms with van der Waals surface area (Å²) in [7, 11) is -3.77. The lowest BCUT2D eigenvalue weighted by Gasteiger charge is -2.19. The molecule has 0 bridgehead atoms. The molecule has 8 nitrogen and oxygen atoms in total. The molecule has 37 heavy (non-hydrogen) atoms. The molecule has 0 spiro atoms. The van der Waals surface area contributed by atoms with Crippen molar-refractivity contribution in [2.24, 2.45) is 0 Å². The van der Waals surface area contributed by atoms with Crippen molar-refractivity contribution in [2.75, 3.05) is 31.1 Å². The monoisotopic (exact) mass is 526 g/mol. The van der Waals surface area contributed by atoms with Crippen LogP contribution < -0.4 is 19.5 Å². The van der Waals surface area contributed by atoms with Crippen LogP contribution in [-0.2, 0) is 26.2 Å². The molecule has 0 saturated heterocycles. The van der Waals surface area contributed by atoms with Crippen LogP contribution in [0.3, 0.4) is 0 Å². The molecule has 1 heterocycles. The molecule has 2 N–H and O–H groups in total. The molecule has 10 heteroatoms. The summed E-state index contributed by atoms with van der Waals surface area (Å²) in [5.74, 6) is 0.525. The summed E-state index contributed by atoms with van der Waals surface area (Å²) in [6.45, 7) is 1.45. The number of halogens is 1. The minimum atomic E-state index is -3.77. The lowest BCUT2D eigenvalue weighted by atomic mass is 10.2. The van der Waals surface area contributed by atoms with Crippen LogP contribution in [0.2, 0.25) is 0 Å². The van der Waals surface area contributed by atoms with Crippen molar-refractivity contribution in [3.05, 3.63) is 89.8 Å². The number of hydrogen-bond donors (Lipinski definition) is 2. The molecule has 4 rings (SSSR count). The van der Waals surface area contributed by atoms with Gasteiger partial charge in [0.25, 0.3) is 10.0 Å². The van der Waals surface area contributed by atoms with Gasteiger partial charge in [0.05, 0.1) is 17.2 Å². The summed E-state index contributed by atoms with van der Waals surface area (Å²) in [5, 5.41) is 2.76. The van der Waals surface area contributed by atoms with Gasteiger partial charge in [0.2, 0.25) is 5.91 Å². The minimum absolute atomic E-state index is 0.0860. The summed E-state index contributed by atoms with van der Waals surface area (Å²) in [5.41, 5.74) is 2.00. The van der Waals surface area contributed by atoms with E-state index in [1.807, 2.05) is 12.2 Å². The van der Waals surface area contributed by atoms with E-state index in [0.717, 1.165) is 11.1 Å². The third-order valence-electron chi connectivity index (χ3n) is 5.34. The fourth-order valence-corrected chi connectivity index (χ4v) is 4.54. The van der Waals surface area contributed by atoms with Crippen molar-refractivity contribution >= 4 is 27.7 Å². The zero-order valence-corrected chi connectivity index (χ0v) is 20.8. The molecule has 0 unspecified atom stereocenters. The molecule has 3 aromatic carbocycles. The first-order chi connectivity index (χ1) is 17.9. The number of carbonyl (C=O) groups is 1. The number of amides is 1. The van der Waals surface area contributed by atoms with Crippen molar-refractivity contribution in [1.82, 2.24) is 5.32 Å². The highest BCUT2D eigenvalue weighted by atomic mass is 32.2. The zero-order chi connectivity index (χ0) is 26.1. The topological polar surface area (TPSA) is 103 Å². The number of benzene rings is 3. The number of anilines is 1. The smallest absolute Gasteiger partial charge is 0.261 e. The fourth-order valence-electron chi connectivity index (χ4n) is 3.49. The number of ether oxygens (including phenoxy) is 3. The average molecular weight is 527 g/mol. The van der Waals surface area contributed by atoms with Gasteiger partial charge in [-0.1, -0.05) is 36.4 Å². The Morgan fingerprint density at radius 1 is 0.973 bits per heavy atom. The van der Waals surface area contributed by atoms with E-state index in [-0.39, 0.29) is 29.8 Å². The number of hydrogen-bond acceptors (Lipinski definition) is 6. The highest BCUT2D eigenvalue weighted by Crippen LogP contribution is 2.33. The first kappa shape index (κ1) is 26.2. The van der Waals surface area contributed by atoms with Crippen LogP contribution in [0.5, 0.6) is 11.5 Å². The summed E-state index contributed by atoms with van der Waals surface area (Å²) in [6.07, 6.45) is 4.33. The Labute approximate surface area is 215 Å². The second-order valence-electron chi connectivity index (χ2n) is 8.19. The number of nitrogens with one attached hydrogen (secondary N) is 2. The number of rotatable bonds is 11. The van der Waals surface area contributed by atoms with E-state index in [0.29, 0.717) is 43.4 Å². The molecule has 0 aromatic heterocycles. The quantitative estimate of drug-likeness (QED) is 0.364. The van der Waals surface area contributed by atoms with Crippen LogP contribution in [0.15, 0.2) is 77.7 Å². The Hall–Kier alpha value is -3.89. The summed E-state index contributed by atoms with van der Waals surface area (Å²) >= 11 is 0. The lowest BCUT2D eigenvalue weighted by Crippen LogP contribution is -2.28. The van der Waals surface area contributed by atoms with Gasteiger partial charge in [-0.25, -0.2) is 12.8 Å². The van der Waals surface area contributed by atoms with E-state index < -0.39 is 10.0 Å². The predicted octanol–water partition coefficient (Wildman–Crippen LogP) is 4.13. The fraction of sp³-hybridized carbons (Fsp3) is 0.222. The van der Waals surface area contributed by atoms with Crippen LogP contribution in [0.25, 0.3) is 6.08 Å². The molecule has 0 aliphatic carbocycles. The van der Waals surface area contributed by atoms with Gasteiger partial charge in [-0.2, -0.15) is 0 Å². The molecular weight excluding hydrogens is 499 g/mol. The Morgan fingerprint density at radius 2 is 1.70 bits per heavy atom. The van der Waals surface area contributed by atoms with Gasteiger partial charge in [0.1, 0.15) is 25.6 Å². The van der Waals surface area contributed by atoms with Crippen molar-refractivity contribution in [3.63, 3.8) is 0 Å². The van der Waals surface area contributed by atoms with Gasteiger partial charge in [-0.15, -0.1) is 0 Å². The Morgan fingerprint density at radius 3 is 2.46 bits per heavy atom. The SMILES string of the molecule is O=C(COCc1ccc(F)cc1)NCCC=Cc1ccc(S(=O)(=O)Nc2ccc3c(c2)OCCO3)cc1. The van der Waals surface area contributed by atoms with Gasteiger partial charge < -0.3 is 19.5 Å². The van der Waals surface area contributed by atoms with Crippen LogP contribution in [0, 0.1) is 5.82 Å². The minimum Gasteiger partial charge on any atom is -0.486 e. The summed E-state index contributed by atoms with van der Waals surface area (Å²) < 4.78 is 57.2. The van der Waals surface area contributed by atoms with Crippen LogP contribution in [0.4, 0.5) is 10.1 Å². The van der Waals surface area contributed by atoms with Crippen LogP contribution in [0.1, 0.15) is 17.5 Å². The Balaban J connectivity index is 1.19. The number of sulfonamides is 1. The standard InChI is InChI=1S/C27H27FN2O6S/c28-22-8-4-21(5-9-22)18-34-19-27(31)29-14-2-1-3-20-6-11-24(12-7-20)37(32,33)30-23-10-13-25-26(17-23)36-16-15-35-25/h1,3-13,17,30H,2,14-16,18-19H2,(H,29,31). The van der Waals surface area contributed by atoms with E-state index in [1.165, 1.54) is 24.3 Å². The maximum atomic E-state index is 12.9. The van der Waals surface area contributed by atoms with Gasteiger partial charge >= 0.3 is 0 Å². The second kappa shape index (κ2) is 12.4. The summed E-state index contributed by atoms with van der Waals surface area (Å²) in [6, 6.07) is 17.3. The van der Waals surface area contributed by atoms with Crippen LogP contribution >= 0.6 is 0 Å². The third kappa shape index (κ3) is 7.80. The average Bonchev–Trinajstić information content (AvgIpc) is 2.89. The first-order valence-electron chi connectivity index (χ1n) is 11.7. The van der Waals surface area contributed by atoms with E-state index in [1.54, 1.807) is 42.5 Å². The largest absolute Gasteiger partial charge is 0.486 e. The van der Waals surface area contributed by atoms with Crippen LogP contribution in [-0.4, -0.2) is 40.7 Å². The Kier molecular flexibility index (Phi) is 8.76. The van der Waals surface area contributed by atoms with Crippen molar-refractivity contribution in [2.45, 2.75) is 17.9 Å². The molecule has 1 aliphatic heterocycles. The first-order valence-corrected chi connectivity index (χ1v) is 13.2.